The van der Waals surface area contributed by atoms with Gasteiger partial charge in [-0.3, -0.25) is 4.90 Å². The van der Waals surface area contributed by atoms with Gasteiger partial charge in [0.2, 0.25) is 0 Å². The molecule has 3 aromatic rings. The van der Waals surface area contributed by atoms with Gasteiger partial charge in [0.25, 0.3) is 0 Å². The summed E-state index contributed by atoms with van der Waals surface area (Å²) in [5.74, 6) is 0.410. The Labute approximate surface area is 182 Å². The van der Waals surface area contributed by atoms with E-state index in [2.05, 4.69) is 135 Å². The average Bonchev–Trinajstić information content (AvgIpc) is 3.29. The topological polar surface area (TPSA) is 3.24 Å². The van der Waals surface area contributed by atoms with Crippen molar-refractivity contribution in [3.05, 3.63) is 120 Å². The maximum Gasteiger partial charge on any atom is 0.0320 e. The monoisotopic (exact) mass is 411 g/mol. The van der Waals surface area contributed by atoms with Gasteiger partial charge in [0.1, 0.15) is 0 Å². The van der Waals surface area contributed by atoms with Crippen molar-refractivity contribution in [2.24, 2.45) is 5.92 Å². The van der Waals surface area contributed by atoms with Crippen LogP contribution >= 0.6 is 7.92 Å². The van der Waals surface area contributed by atoms with Gasteiger partial charge in [-0.25, -0.2) is 0 Å². The van der Waals surface area contributed by atoms with Gasteiger partial charge in [0.05, 0.1) is 0 Å². The van der Waals surface area contributed by atoms with Crippen molar-refractivity contribution in [3.63, 3.8) is 0 Å². The summed E-state index contributed by atoms with van der Waals surface area (Å²) >= 11 is 0. The van der Waals surface area contributed by atoms with Crippen molar-refractivity contribution in [1.82, 2.24) is 4.90 Å². The van der Waals surface area contributed by atoms with E-state index < -0.39 is 7.92 Å². The molecule has 0 heterocycles. The van der Waals surface area contributed by atoms with Crippen LogP contribution in [0.5, 0.6) is 0 Å². The summed E-state index contributed by atoms with van der Waals surface area (Å²) in [5.41, 5.74) is 1.37. The highest BCUT2D eigenvalue weighted by atomic mass is 31.1. The summed E-state index contributed by atoms with van der Waals surface area (Å²) in [5, 5.41) is 4.39. The first-order chi connectivity index (χ1) is 14.7. The van der Waals surface area contributed by atoms with Crippen LogP contribution < -0.4 is 10.6 Å². The van der Waals surface area contributed by atoms with Gasteiger partial charge in [0, 0.05) is 18.0 Å². The Bertz CT molecular complexity index is 955. The molecule has 0 bridgehead atoms. The molecule has 0 spiro atoms. The third-order valence-electron chi connectivity index (χ3n) is 6.27. The molecule has 3 atom stereocenters. The van der Waals surface area contributed by atoms with Crippen molar-refractivity contribution in [2.75, 3.05) is 7.05 Å². The van der Waals surface area contributed by atoms with Gasteiger partial charge in [-0.2, -0.15) is 0 Å². The van der Waals surface area contributed by atoms with E-state index in [-0.39, 0.29) is 0 Å². The highest BCUT2D eigenvalue weighted by Gasteiger charge is 2.32. The zero-order valence-electron chi connectivity index (χ0n) is 18.0. The summed E-state index contributed by atoms with van der Waals surface area (Å²) < 4.78 is 0. The van der Waals surface area contributed by atoms with Crippen LogP contribution in [0.25, 0.3) is 0 Å². The van der Waals surface area contributed by atoms with Crippen LogP contribution in [0.3, 0.4) is 0 Å². The molecule has 2 heteroatoms. The molecule has 0 saturated heterocycles. The maximum absolute atomic E-state index is 2.52. The van der Waals surface area contributed by atoms with Crippen molar-refractivity contribution >= 4 is 18.5 Å². The SMILES string of the molecule is C[C@H](C1C=CC=C1P(c1ccccc1)c1ccccc1)N(C)[C@@H](C)c1ccccc1. The summed E-state index contributed by atoms with van der Waals surface area (Å²) in [4.78, 5) is 2.52. The van der Waals surface area contributed by atoms with Gasteiger partial charge >= 0.3 is 0 Å². The van der Waals surface area contributed by atoms with Crippen molar-refractivity contribution < 1.29 is 0 Å². The minimum atomic E-state index is -0.550. The zero-order chi connectivity index (χ0) is 20.9. The van der Waals surface area contributed by atoms with E-state index >= 15 is 0 Å². The number of hydrogen-bond acceptors (Lipinski definition) is 1. The highest BCUT2D eigenvalue weighted by Crippen LogP contribution is 2.50. The highest BCUT2D eigenvalue weighted by molar-refractivity contribution is 7.76. The Morgan fingerprint density at radius 1 is 0.733 bits per heavy atom. The fourth-order valence-corrected chi connectivity index (χ4v) is 6.96. The standard InChI is InChI=1S/C28H30NP/c1-22(24-14-7-4-8-15-24)29(3)23(2)27-20-13-21-28(27)30(25-16-9-5-10-17-25)26-18-11-6-12-19-26/h4-23,27H,1-3H3/t22-,23+,27?/m0/s1. The fraction of sp³-hybridized carbons (Fsp3) is 0.214. The number of rotatable bonds is 7. The molecule has 0 amide bonds. The molecule has 0 aromatic heterocycles. The van der Waals surface area contributed by atoms with Gasteiger partial charge in [-0.05, 0) is 50.3 Å². The van der Waals surface area contributed by atoms with E-state index in [4.69, 9.17) is 0 Å². The molecule has 3 aromatic carbocycles. The first-order valence-electron chi connectivity index (χ1n) is 10.7. The van der Waals surface area contributed by atoms with E-state index in [0.717, 1.165) is 0 Å². The van der Waals surface area contributed by atoms with Crippen LogP contribution in [-0.4, -0.2) is 18.0 Å². The Morgan fingerprint density at radius 3 is 1.77 bits per heavy atom. The molecule has 0 N–H and O–H groups in total. The smallest absolute Gasteiger partial charge is 0.0320 e. The van der Waals surface area contributed by atoms with E-state index in [1.54, 1.807) is 5.31 Å². The molecule has 1 unspecified atom stereocenters. The van der Waals surface area contributed by atoms with Crippen LogP contribution in [0.1, 0.15) is 25.5 Å². The van der Waals surface area contributed by atoms with Crippen molar-refractivity contribution in [2.45, 2.75) is 25.9 Å². The second-order valence-corrected chi connectivity index (χ2v) is 10.2. The number of allylic oxidation sites excluding steroid dienone is 2. The molecule has 1 aliphatic carbocycles. The van der Waals surface area contributed by atoms with Gasteiger partial charge < -0.3 is 0 Å². The summed E-state index contributed by atoms with van der Waals surface area (Å²) in [6.45, 7) is 4.68. The first kappa shape index (κ1) is 20.8. The van der Waals surface area contributed by atoms with Crippen molar-refractivity contribution in [3.8, 4) is 0 Å². The van der Waals surface area contributed by atoms with Crippen LogP contribution in [0.2, 0.25) is 0 Å². The maximum atomic E-state index is 2.52. The first-order valence-corrected chi connectivity index (χ1v) is 12.1. The molecule has 152 valence electrons. The van der Waals surface area contributed by atoms with Crippen LogP contribution in [0.15, 0.2) is 115 Å². The molecular formula is C28H30NP. The van der Waals surface area contributed by atoms with Gasteiger partial charge in [-0.1, -0.05) is 109 Å². The molecule has 1 aliphatic rings. The largest absolute Gasteiger partial charge is 0.296 e. The van der Waals surface area contributed by atoms with Crippen LogP contribution in [-0.2, 0) is 0 Å². The second-order valence-electron chi connectivity index (χ2n) is 8.00. The van der Waals surface area contributed by atoms with Crippen LogP contribution in [0, 0.1) is 5.92 Å². The average molecular weight is 412 g/mol. The molecule has 0 radical (unpaired) electrons. The zero-order valence-corrected chi connectivity index (χ0v) is 18.9. The Hall–Kier alpha value is -2.47. The molecule has 0 aliphatic heterocycles. The second kappa shape index (κ2) is 9.56. The molecule has 0 fully saturated rings. The lowest BCUT2D eigenvalue weighted by Gasteiger charge is -2.37. The lowest BCUT2D eigenvalue weighted by molar-refractivity contribution is 0.176. The predicted molar refractivity (Wildman–Crippen MR) is 132 cm³/mol. The van der Waals surface area contributed by atoms with E-state index in [1.165, 1.54) is 16.2 Å². The summed E-state index contributed by atoms with van der Waals surface area (Å²) in [6, 6.07) is 33.6. The predicted octanol–water partition coefficient (Wildman–Crippen LogP) is 6.27. The molecular weight excluding hydrogens is 381 g/mol. The molecule has 1 nitrogen and oxygen atoms in total. The Kier molecular flexibility index (Phi) is 6.62. The Morgan fingerprint density at radius 2 is 1.23 bits per heavy atom. The van der Waals surface area contributed by atoms with E-state index in [1.807, 2.05) is 0 Å². The molecule has 30 heavy (non-hydrogen) atoms. The van der Waals surface area contributed by atoms with E-state index in [0.29, 0.717) is 18.0 Å². The molecule has 0 saturated carbocycles. The third-order valence-corrected chi connectivity index (χ3v) is 8.86. The van der Waals surface area contributed by atoms with Gasteiger partial charge in [-0.15, -0.1) is 0 Å². The summed E-state index contributed by atoms with van der Waals surface area (Å²) in [7, 11) is 1.71. The quantitative estimate of drug-likeness (QED) is 0.414. The summed E-state index contributed by atoms with van der Waals surface area (Å²) in [6.07, 6.45) is 7.03. The minimum absolute atomic E-state index is 0.371. The lowest BCUT2D eigenvalue weighted by atomic mass is 9.98. The normalized spacial score (nSPS) is 17.9. The third kappa shape index (κ3) is 4.33. The van der Waals surface area contributed by atoms with Crippen LogP contribution in [0.4, 0.5) is 0 Å². The fourth-order valence-electron chi connectivity index (χ4n) is 4.29. The van der Waals surface area contributed by atoms with Gasteiger partial charge in [0.15, 0.2) is 0 Å². The van der Waals surface area contributed by atoms with Crippen molar-refractivity contribution in [1.29, 1.82) is 0 Å². The lowest BCUT2D eigenvalue weighted by Crippen LogP contribution is -2.37. The Balaban J connectivity index is 1.64. The van der Waals surface area contributed by atoms with E-state index in [9.17, 15) is 0 Å². The number of nitrogens with zero attached hydrogens (tertiary/aromatic N) is 1. The number of benzene rings is 3. The minimum Gasteiger partial charge on any atom is -0.296 e. The molecule has 4 rings (SSSR count). The number of hydrogen-bond donors (Lipinski definition) is 0.